The van der Waals surface area contributed by atoms with Crippen LogP contribution in [0.2, 0.25) is 0 Å². The molecule has 0 spiro atoms. The molecule has 8 N–H and O–H groups in total. The zero-order chi connectivity index (χ0) is 26.2. The van der Waals surface area contributed by atoms with Crippen LogP contribution in [0.4, 0.5) is 5.69 Å². The summed E-state index contributed by atoms with van der Waals surface area (Å²) >= 11 is 5.47. The van der Waals surface area contributed by atoms with Gasteiger partial charge in [0.05, 0.1) is 68.6 Å². The second kappa shape index (κ2) is 15.0. The second-order valence-electron chi connectivity index (χ2n) is 7.10. The maximum absolute atomic E-state index is 13.0. The lowest BCUT2D eigenvalue weighted by atomic mass is 10.1. The fraction of sp³-hybridized carbons (Fsp3) is 0.526. The molecule has 0 saturated heterocycles. The summed E-state index contributed by atoms with van der Waals surface area (Å²) in [6.07, 6.45) is -3.71. The van der Waals surface area contributed by atoms with Gasteiger partial charge in [0.2, 0.25) is 5.91 Å². The number of aliphatic hydroxyl groups is 6. The summed E-state index contributed by atoms with van der Waals surface area (Å²) in [5.74, 6) is -1.89. The first-order chi connectivity index (χ1) is 15.9. The van der Waals surface area contributed by atoms with Crippen molar-refractivity contribution in [2.75, 3.05) is 44.4 Å². The molecule has 3 atom stereocenters. The molecule has 1 aromatic rings. The van der Waals surface area contributed by atoms with Gasteiger partial charge in [-0.25, -0.2) is 0 Å². The van der Waals surface area contributed by atoms with Crippen molar-refractivity contribution < 1.29 is 45.0 Å². The standard InChI is InChI=1S/C19H26I3N3O9/c1-8(29)25(4-11(32)7-28)17-15(21)12(18(33)23-2-9(30)5-26)14(20)13(16(17)22)19(34)24-3-10(31)6-27/h9-11,26-28,30-32H,2-7H2,1H3,(H,23,33)(H,24,34)/t9?,10?,11-/m0/s1. The molecule has 192 valence electrons. The molecule has 0 saturated carbocycles. The number of amides is 3. The van der Waals surface area contributed by atoms with Gasteiger partial charge in [-0.05, 0) is 67.8 Å². The molecular weight excluding hydrogens is 795 g/mol. The number of nitrogens with one attached hydrogen (secondary N) is 2. The Morgan fingerprint density at radius 3 is 1.47 bits per heavy atom. The van der Waals surface area contributed by atoms with E-state index in [-0.39, 0.29) is 47.2 Å². The monoisotopic (exact) mass is 821 g/mol. The molecule has 0 aliphatic carbocycles. The Kier molecular flexibility index (Phi) is 13.9. The van der Waals surface area contributed by atoms with Crippen LogP contribution in [0.3, 0.4) is 0 Å². The Hall–Kier alpha value is -0.420. The number of nitrogens with zero attached hydrogens (tertiary/aromatic N) is 1. The molecule has 1 rings (SSSR count). The lowest BCUT2D eigenvalue weighted by molar-refractivity contribution is -0.117. The number of hydrogen-bond donors (Lipinski definition) is 8. The van der Waals surface area contributed by atoms with Crippen molar-refractivity contribution in [3.05, 3.63) is 21.8 Å². The van der Waals surface area contributed by atoms with E-state index in [1.54, 1.807) is 22.6 Å². The third kappa shape index (κ3) is 8.32. The van der Waals surface area contributed by atoms with Crippen molar-refractivity contribution in [1.82, 2.24) is 10.6 Å². The first-order valence-electron chi connectivity index (χ1n) is 9.82. The van der Waals surface area contributed by atoms with Crippen molar-refractivity contribution in [1.29, 1.82) is 0 Å². The number of hydrogen-bond acceptors (Lipinski definition) is 9. The maximum Gasteiger partial charge on any atom is 0.253 e. The average Bonchev–Trinajstić information content (AvgIpc) is 2.79. The molecular formula is C19H26I3N3O9. The highest BCUT2D eigenvalue weighted by Gasteiger charge is 2.32. The van der Waals surface area contributed by atoms with E-state index in [9.17, 15) is 34.8 Å². The van der Waals surface area contributed by atoms with Gasteiger partial charge in [-0.15, -0.1) is 0 Å². The number of halogens is 3. The van der Waals surface area contributed by atoms with Crippen molar-refractivity contribution in [2.45, 2.75) is 25.2 Å². The molecule has 0 bridgehead atoms. The SMILES string of the molecule is CC(=O)N(C[C@H](O)CO)c1c(I)c(C(=O)NCC(O)CO)c(I)c(C(=O)NCC(O)CO)c1I. The van der Waals surface area contributed by atoms with Gasteiger partial charge >= 0.3 is 0 Å². The summed E-state index contributed by atoms with van der Waals surface area (Å²) in [4.78, 5) is 39.6. The molecule has 2 unspecified atom stereocenters. The Labute approximate surface area is 236 Å². The molecule has 3 amide bonds. The highest BCUT2D eigenvalue weighted by molar-refractivity contribution is 14.1. The zero-order valence-electron chi connectivity index (χ0n) is 18.0. The first kappa shape index (κ1) is 31.6. The smallest absolute Gasteiger partial charge is 0.253 e. The number of carbonyl (C=O) groups is 3. The highest BCUT2D eigenvalue weighted by Crippen LogP contribution is 2.38. The van der Waals surface area contributed by atoms with Gasteiger partial charge in [0, 0.05) is 23.6 Å². The lowest BCUT2D eigenvalue weighted by Crippen LogP contribution is -2.41. The molecule has 12 nitrogen and oxygen atoms in total. The molecule has 0 aliphatic heterocycles. The fourth-order valence-corrected chi connectivity index (χ4v) is 7.39. The van der Waals surface area contributed by atoms with Gasteiger partial charge in [0.25, 0.3) is 11.8 Å². The fourth-order valence-electron chi connectivity index (χ4n) is 2.66. The predicted octanol–water partition coefficient (Wildman–Crippen LogP) is -1.63. The zero-order valence-corrected chi connectivity index (χ0v) is 24.4. The number of aliphatic hydroxyl groups excluding tert-OH is 6. The van der Waals surface area contributed by atoms with E-state index in [1.807, 2.05) is 45.2 Å². The summed E-state index contributed by atoms with van der Waals surface area (Å²) in [5, 5.41) is 61.3. The van der Waals surface area contributed by atoms with Crippen LogP contribution in [-0.2, 0) is 4.79 Å². The molecule has 0 heterocycles. The summed E-state index contributed by atoms with van der Waals surface area (Å²) in [7, 11) is 0. The van der Waals surface area contributed by atoms with Gasteiger partial charge < -0.3 is 46.2 Å². The molecule has 0 fully saturated rings. The molecule has 15 heteroatoms. The molecule has 1 aromatic carbocycles. The van der Waals surface area contributed by atoms with Crippen LogP contribution in [-0.4, -0.2) is 106 Å². The highest BCUT2D eigenvalue weighted by atomic mass is 127. The van der Waals surface area contributed by atoms with Crippen LogP contribution in [0.5, 0.6) is 0 Å². The van der Waals surface area contributed by atoms with Crippen molar-refractivity contribution in [3.63, 3.8) is 0 Å². The molecule has 0 aliphatic rings. The van der Waals surface area contributed by atoms with E-state index < -0.39 is 55.9 Å². The topological polar surface area (TPSA) is 200 Å². The van der Waals surface area contributed by atoms with Crippen LogP contribution in [0.1, 0.15) is 27.6 Å². The maximum atomic E-state index is 13.0. The van der Waals surface area contributed by atoms with Crippen LogP contribution < -0.4 is 15.5 Å². The van der Waals surface area contributed by atoms with E-state index in [1.165, 1.54) is 6.92 Å². The number of anilines is 1. The Bertz CT molecular complexity index is 850. The van der Waals surface area contributed by atoms with Gasteiger partial charge in [-0.2, -0.15) is 0 Å². The molecule has 0 radical (unpaired) electrons. The summed E-state index contributed by atoms with van der Waals surface area (Å²) < 4.78 is 0.762. The number of carbonyl (C=O) groups excluding carboxylic acids is 3. The van der Waals surface area contributed by atoms with E-state index in [0.717, 1.165) is 4.90 Å². The van der Waals surface area contributed by atoms with E-state index >= 15 is 0 Å². The Morgan fingerprint density at radius 1 is 0.765 bits per heavy atom. The Balaban J connectivity index is 3.73. The van der Waals surface area contributed by atoms with E-state index in [0.29, 0.717) is 0 Å². The van der Waals surface area contributed by atoms with Gasteiger partial charge in [0.15, 0.2) is 0 Å². The molecule has 0 aromatic heterocycles. The Morgan fingerprint density at radius 2 is 1.15 bits per heavy atom. The van der Waals surface area contributed by atoms with Crippen LogP contribution in [0, 0.1) is 10.7 Å². The van der Waals surface area contributed by atoms with Crippen molar-refractivity contribution >= 4 is 91.2 Å². The van der Waals surface area contributed by atoms with Gasteiger partial charge in [-0.3, -0.25) is 14.4 Å². The van der Waals surface area contributed by atoms with Crippen LogP contribution >= 0.6 is 67.8 Å². The van der Waals surface area contributed by atoms with Gasteiger partial charge in [0.1, 0.15) is 0 Å². The molecule has 34 heavy (non-hydrogen) atoms. The minimum atomic E-state index is -1.29. The van der Waals surface area contributed by atoms with Gasteiger partial charge in [-0.1, -0.05) is 0 Å². The normalized spacial score (nSPS) is 13.7. The average molecular weight is 821 g/mol. The summed E-state index contributed by atoms with van der Waals surface area (Å²) in [6.45, 7) is -1.41. The van der Waals surface area contributed by atoms with Crippen LogP contribution in [0.15, 0.2) is 0 Å². The quantitative estimate of drug-likeness (QED) is 0.114. The predicted molar refractivity (Wildman–Crippen MR) is 147 cm³/mol. The van der Waals surface area contributed by atoms with Crippen LogP contribution in [0.25, 0.3) is 0 Å². The second-order valence-corrected chi connectivity index (χ2v) is 10.3. The minimum absolute atomic E-state index is 0.0133. The van der Waals surface area contributed by atoms with E-state index in [4.69, 9.17) is 10.2 Å². The first-order valence-corrected chi connectivity index (χ1v) is 13.1. The van der Waals surface area contributed by atoms with Crippen molar-refractivity contribution in [3.8, 4) is 0 Å². The minimum Gasteiger partial charge on any atom is -0.394 e. The summed E-state index contributed by atoms with van der Waals surface area (Å²) in [6, 6.07) is 0. The number of benzene rings is 1. The third-order valence-electron chi connectivity index (χ3n) is 4.42. The largest absolute Gasteiger partial charge is 0.394 e. The third-order valence-corrected chi connectivity index (χ3v) is 7.60. The summed E-state index contributed by atoms with van der Waals surface area (Å²) in [5.41, 5.74) is 0.182. The van der Waals surface area contributed by atoms with Crippen molar-refractivity contribution in [2.24, 2.45) is 0 Å². The number of rotatable bonds is 12. The lowest BCUT2D eigenvalue weighted by Gasteiger charge is -2.28. The van der Waals surface area contributed by atoms with E-state index in [2.05, 4.69) is 10.6 Å².